The van der Waals surface area contributed by atoms with Crippen LogP contribution >= 0.6 is 15.9 Å². The summed E-state index contributed by atoms with van der Waals surface area (Å²) < 4.78 is 6.51. The lowest BCUT2D eigenvalue weighted by atomic mass is 10.0. The zero-order valence-electron chi connectivity index (χ0n) is 15.7. The first-order valence-corrected chi connectivity index (χ1v) is 10.0. The normalized spacial score (nSPS) is 10.8. The van der Waals surface area contributed by atoms with Crippen molar-refractivity contribution >= 4 is 38.3 Å². The number of hydrogen-bond donors (Lipinski definition) is 1. The Morgan fingerprint density at radius 2 is 1.85 bits per heavy atom. The van der Waals surface area contributed by atoms with E-state index in [0.29, 0.717) is 0 Å². The summed E-state index contributed by atoms with van der Waals surface area (Å²) in [6.45, 7) is 2.19. The molecule has 3 aromatic rings. The second-order valence-corrected chi connectivity index (χ2v) is 7.55. The fourth-order valence-corrected chi connectivity index (χ4v) is 3.60. The van der Waals surface area contributed by atoms with Gasteiger partial charge >= 0.3 is 0 Å². The third kappa shape index (κ3) is 4.89. The van der Waals surface area contributed by atoms with Gasteiger partial charge in [0.15, 0.2) is 0 Å². The van der Waals surface area contributed by atoms with E-state index < -0.39 is 0 Å². The Hall–Kier alpha value is -2.33. The molecular formula is C23H24BrNO2. The van der Waals surface area contributed by atoms with Crippen LogP contribution in [-0.2, 0) is 17.6 Å². The number of unbranched alkanes of at least 4 members (excludes halogenated alkanes) is 1. The zero-order valence-corrected chi connectivity index (χ0v) is 17.3. The summed E-state index contributed by atoms with van der Waals surface area (Å²) in [6, 6.07) is 18.1. The number of rotatable bonds is 7. The van der Waals surface area contributed by atoms with Crippen molar-refractivity contribution in [1.82, 2.24) is 0 Å². The maximum atomic E-state index is 12.6. The lowest BCUT2D eigenvalue weighted by molar-refractivity contribution is -0.115. The molecular weight excluding hydrogens is 402 g/mol. The molecule has 0 aliphatic heterocycles. The number of aryl methyl sites for hydroxylation is 1. The minimum Gasteiger partial charge on any atom is -0.496 e. The highest BCUT2D eigenvalue weighted by molar-refractivity contribution is 9.10. The van der Waals surface area contributed by atoms with Gasteiger partial charge in [0.1, 0.15) is 5.75 Å². The first kappa shape index (κ1) is 19.4. The number of carbonyl (C=O) groups excluding carboxylic acids is 1. The monoisotopic (exact) mass is 425 g/mol. The number of nitrogens with one attached hydrogen (secondary N) is 1. The average molecular weight is 426 g/mol. The number of anilines is 1. The molecule has 0 aliphatic rings. The van der Waals surface area contributed by atoms with Crippen LogP contribution in [0.1, 0.15) is 30.9 Å². The van der Waals surface area contributed by atoms with Gasteiger partial charge in [-0.05, 0) is 59.5 Å². The van der Waals surface area contributed by atoms with Gasteiger partial charge in [-0.15, -0.1) is 0 Å². The molecule has 0 saturated heterocycles. The smallest absolute Gasteiger partial charge is 0.228 e. The van der Waals surface area contributed by atoms with Crippen LogP contribution in [0.5, 0.6) is 5.75 Å². The summed E-state index contributed by atoms with van der Waals surface area (Å²) in [5.41, 5.74) is 3.03. The summed E-state index contributed by atoms with van der Waals surface area (Å²) >= 11 is 3.50. The maximum absolute atomic E-state index is 12.6. The molecule has 3 nitrogen and oxygen atoms in total. The molecule has 0 atom stereocenters. The largest absolute Gasteiger partial charge is 0.496 e. The summed E-state index contributed by atoms with van der Waals surface area (Å²) in [6.07, 6.45) is 3.71. The summed E-state index contributed by atoms with van der Waals surface area (Å²) in [5.74, 6) is 0.680. The maximum Gasteiger partial charge on any atom is 0.228 e. The molecule has 4 heteroatoms. The molecule has 3 aromatic carbocycles. The van der Waals surface area contributed by atoms with E-state index >= 15 is 0 Å². The van der Waals surface area contributed by atoms with Crippen LogP contribution in [0.4, 0.5) is 5.69 Å². The molecule has 0 radical (unpaired) electrons. The van der Waals surface area contributed by atoms with E-state index in [1.165, 1.54) is 18.4 Å². The lowest BCUT2D eigenvalue weighted by Gasteiger charge is -2.13. The Balaban J connectivity index is 1.77. The van der Waals surface area contributed by atoms with Crippen molar-refractivity contribution in [1.29, 1.82) is 0 Å². The number of methoxy groups -OCH3 is 1. The number of halogens is 1. The van der Waals surface area contributed by atoms with E-state index in [2.05, 4.69) is 40.3 Å². The molecule has 0 spiro atoms. The van der Waals surface area contributed by atoms with Crippen LogP contribution in [0.25, 0.3) is 10.8 Å². The number of carbonyl (C=O) groups is 1. The summed E-state index contributed by atoms with van der Waals surface area (Å²) in [7, 11) is 1.64. The van der Waals surface area contributed by atoms with Crippen molar-refractivity contribution in [3.05, 3.63) is 70.2 Å². The topological polar surface area (TPSA) is 38.3 Å². The van der Waals surface area contributed by atoms with Gasteiger partial charge in [-0.3, -0.25) is 4.79 Å². The SMILES string of the molecule is CCCCc1ccc(NC(=O)Cc2c(OC)ccc3cc(Br)ccc23)cc1. The van der Waals surface area contributed by atoms with E-state index in [1.54, 1.807) is 7.11 Å². The molecule has 0 aliphatic carbocycles. The predicted octanol–water partition coefficient (Wildman–Crippen LogP) is 6.13. The Labute approximate surface area is 168 Å². The molecule has 0 fully saturated rings. The number of ether oxygens (including phenoxy) is 1. The van der Waals surface area contributed by atoms with Crippen LogP contribution in [0, 0.1) is 0 Å². The molecule has 0 heterocycles. The van der Waals surface area contributed by atoms with Crippen molar-refractivity contribution in [3.63, 3.8) is 0 Å². The molecule has 140 valence electrons. The highest BCUT2D eigenvalue weighted by Gasteiger charge is 2.13. The first-order chi connectivity index (χ1) is 13.1. The third-order valence-corrected chi connectivity index (χ3v) is 5.16. The first-order valence-electron chi connectivity index (χ1n) is 9.24. The number of amides is 1. The van der Waals surface area contributed by atoms with Crippen LogP contribution in [0.3, 0.4) is 0 Å². The minimum absolute atomic E-state index is 0.0509. The Kier molecular flexibility index (Phi) is 6.51. The number of hydrogen-bond acceptors (Lipinski definition) is 2. The van der Waals surface area contributed by atoms with Crippen molar-refractivity contribution in [2.45, 2.75) is 32.6 Å². The van der Waals surface area contributed by atoms with Gasteiger partial charge in [0.05, 0.1) is 13.5 Å². The highest BCUT2D eigenvalue weighted by atomic mass is 79.9. The van der Waals surface area contributed by atoms with Crippen LogP contribution in [-0.4, -0.2) is 13.0 Å². The molecule has 0 aromatic heterocycles. The van der Waals surface area contributed by atoms with E-state index in [9.17, 15) is 4.79 Å². The quantitative estimate of drug-likeness (QED) is 0.493. The van der Waals surface area contributed by atoms with Gasteiger partial charge < -0.3 is 10.1 Å². The fourth-order valence-electron chi connectivity index (χ4n) is 3.22. The van der Waals surface area contributed by atoms with Crippen molar-refractivity contribution in [2.75, 3.05) is 12.4 Å². The molecule has 0 unspecified atom stereocenters. The van der Waals surface area contributed by atoms with Gasteiger partial charge in [0.2, 0.25) is 5.91 Å². The van der Waals surface area contributed by atoms with Crippen LogP contribution < -0.4 is 10.1 Å². The van der Waals surface area contributed by atoms with E-state index in [4.69, 9.17) is 4.74 Å². The van der Waals surface area contributed by atoms with Crippen molar-refractivity contribution < 1.29 is 9.53 Å². The van der Waals surface area contributed by atoms with Crippen LogP contribution in [0.2, 0.25) is 0 Å². The standard InChI is InChI=1S/C23H24BrNO2/c1-3-4-5-16-6-10-19(11-7-16)25-23(26)15-21-20-12-9-18(24)14-17(20)8-13-22(21)27-2/h6-14H,3-5,15H2,1-2H3,(H,25,26). The van der Waals surface area contributed by atoms with Crippen molar-refractivity contribution in [3.8, 4) is 5.75 Å². The third-order valence-electron chi connectivity index (χ3n) is 4.66. The Bertz CT molecular complexity index is 935. The minimum atomic E-state index is -0.0509. The fraction of sp³-hybridized carbons (Fsp3) is 0.261. The summed E-state index contributed by atoms with van der Waals surface area (Å²) in [4.78, 5) is 12.6. The predicted molar refractivity (Wildman–Crippen MR) is 116 cm³/mol. The van der Waals surface area contributed by atoms with Gasteiger partial charge in [0.25, 0.3) is 0 Å². The molecule has 27 heavy (non-hydrogen) atoms. The van der Waals surface area contributed by atoms with Gasteiger partial charge in [-0.2, -0.15) is 0 Å². The Morgan fingerprint density at radius 1 is 1.07 bits per heavy atom. The second kappa shape index (κ2) is 9.05. The van der Waals surface area contributed by atoms with Gasteiger partial charge in [-0.1, -0.05) is 53.5 Å². The van der Waals surface area contributed by atoms with E-state index in [-0.39, 0.29) is 12.3 Å². The molecule has 0 saturated carbocycles. The summed E-state index contributed by atoms with van der Waals surface area (Å²) in [5, 5.41) is 5.10. The molecule has 3 rings (SSSR count). The van der Waals surface area contributed by atoms with Gasteiger partial charge in [-0.25, -0.2) is 0 Å². The zero-order chi connectivity index (χ0) is 19.2. The second-order valence-electron chi connectivity index (χ2n) is 6.64. The highest BCUT2D eigenvalue weighted by Crippen LogP contribution is 2.30. The lowest BCUT2D eigenvalue weighted by Crippen LogP contribution is -2.15. The Morgan fingerprint density at radius 3 is 2.56 bits per heavy atom. The van der Waals surface area contributed by atoms with E-state index in [1.807, 2.05) is 42.5 Å². The van der Waals surface area contributed by atoms with Gasteiger partial charge in [0, 0.05) is 15.7 Å². The molecule has 0 bridgehead atoms. The van der Waals surface area contributed by atoms with Crippen molar-refractivity contribution in [2.24, 2.45) is 0 Å². The number of benzene rings is 3. The average Bonchev–Trinajstić information content (AvgIpc) is 2.67. The number of fused-ring (bicyclic) bond motifs is 1. The van der Waals surface area contributed by atoms with Crippen LogP contribution in [0.15, 0.2) is 59.1 Å². The molecule has 1 amide bonds. The molecule has 1 N–H and O–H groups in total. The van der Waals surface area contributed by atoms with E-state index in [0.717, 1.165) is 38.7 Å².